The third kappa shape index (κ3) is 3.35. The van der Waals surface area contributed by atoms with Gasteiger partial charge in [-0.25, -0.2) is 0 Å². The first-order chi connectivity index (χ1) is 13.3. The van der Waals surface area contributed by atoms with Gasteiger partial charge in [-0.3, -0.25) is 9.78 Å². The number of amides is 1. The molecule has 1 aliphatic rings. The minimum Gasteiger partial charge on any atom is -0.423 e. The lowest BCUT2D eigenvalue weighted by Crippen LogP contribution is -2.39. The van der Waals surface area contributed by atoms with Crippen LogP contribution in [0.1, 0.15) is 45.0 Å². The van der Waals surface area contributed by atoms with Crippen molar-refractivity contribution in [1.29, 1.82) is 0 Å². The first-order valence-corrected chi connectivity index (χ1v) is 8.54. The number of benzene rings is 1. The number of hydrogen-bond acceptors (Lipinski definition) is 5. The molecule has 0 aliphatic carbocycles. The molecule has 144 valence electrons. The molecule has 1 atom stereocenters. The van der Waals surface area contributed by atoms with Crippen LogP contribution < -0.4 is 0 Å². The summed E-state index contributed by atoms with van der Waals surface area (Å²) in [4.78, 5) is 18.0. The number of pyridine rings is 1. The third-order valence-electron chi connectivity index (χ3n) is 4.64. The minimum absolute atomic E-state index is 0.0635. The number of hydrogen-bond donors (Lipinski definition) is 0. The fourth-order valence-electron chi connectivity index (χ4n) is 3.26. The van der Waals surface area contributed by atoms with E-state index in [0.717, 1.165) is 29.5 Å². The van der Waals surface area contributed by atoms with Crippen LogP contribution in [0.5, 0.6) is 0 Å². The van der Waals surface area contributed by atoms with Crippen molar-refractivity contribution in [3.63, 3.8) is 0 Å². The second kappa shape index (κ2) is 6.74. The number of carbonyl (C=O) groups excluding carboxylic acids is 1. The number of nitrogens with zero attached hydrogens (tertiary/aromatic N) is 4. The maximum Gasteiger partial charge on any atom is 0.433 e. The van der Waals surface area contributed by atoms with E-state index in [9.17, 15) is 18.0 Å². The Morgan fingerprint density at radius 1 is 1.14 bits per heavy atom. The third-order valence-corrected chi connectivity index (χ3v) is 4.64. The molecule has 1 aromatic carbocycles. The van der Waals surface area contributed by atoms with E-state index in [0.29, 0.717) is 18.2 Å². The first-order valence-electron chi connectivity index (χ1n) is 8.54. The lowest BCUT2D eigenvalue weighted by Gasteiger charge is -2.35. The van der Waals surface area contributed by atoms with Crippen LogP contribution in [0.25, 0.3) is 0 Å². The van der Waals surface area contributed by atoms with Gasteiger partial charge in [0.15, 0.2) is 0 Å². The van der Waals surface area contributed by atoms with Gasteiger partial charge in [-0.15, -0.1) is 10.2 Å². The van der Waals surface area contributed by atoms with Crippen LogP contribution in [0.2, 0.25) is 0 Å². The molecule has 0 saturated carbocycles. The van der Waals surface area contributed by atoms with Gasteiger partial charge >= 0.3 is 6.18 Å². The Kier molecular flexibility index (Phi) is 4.37. The molecule has 1 amide bonds. The van der Waals surface area contributed by atoms with Crippen LogP contribution in [0, 0.1) is 6.92 Å². The fourth-order valence-corrected chi connectivity index (χ4v) is 3.26. The molecule has 0 fully saturated rings. The average molecular weight is 388 g/mol. The maximum atomic E-state index is 13.1. The molecule has 0 saturated heterocycles. The molecule has 0 bridgehead atoms. The van der Waals surface area contributed by atoms with Crippen LogP contribution in [0.4, 0.5) is 13.2 Å². The zero-order valence-electron chi connectivity index (χ0n) is 14.8. The number of rotatable bonds is 2. The number of aryl methyl sites for hydroxylation is 1. The lowest BCUT2D eigenvalue weighted by atomic mass is 9.93. The fraction of sp³-hybridized carbons (Fsp3) is 0.263. The molecule has 0 spiro atoms. The van der Waals surface area contributed by atoms with E-state index >= 15 is 0 Å². The average Bonchev–Trinajstić information content (AvgIpc) is 3.12. The predicted molar refractivity (Wildman–Crippen MR) is 91.0 cm³/mol. The molecule has 9 heteroatoms. The lowest BCUT2D eigenvalue weighted by molar-refractivity contribution is -0.141. The van der Waals surface area contributed by atoms with Gasteiger partial charge in [-0.2, -0.15) is 13.2 Å². The van der Waals surface area contributed by atoms with Crippen LogP contribution in [-0.4, -0.2) is 26.0 Å². The zero-order chi connectivity index (χ0) is 19.9. The molecule has 0 radical (unpaired) electrons. The Morgan fingerprint density at radius 3 is 2.50 bits per heavy atom. The molecule has 1 unspecified atom stereocenters. The summed E-state index contributed by atoms with van der Waals surface area (Å²) in [5, 5.41) is 7.87. The summed E-state index contributed by atoms with van der Waals surface area (Å²) in [5.74, 6) is 0.217. The number of aromatic nitrogens is 3. The highest BCUT2D eigenvalue weighted by Gasteiger charge is 2.36. The summed E-state index contributed by atoms with van der Waals surface area (Å²) in [6, 6.07) is 9.09. The van der Waals surface area contributed by atoms with Crippen LogP contribution in [-0.2, 0) is 19.1 Å². The highest BCUT2D eigenvalue weighted by molar-refractivity contribution is 5.94. The van der Waals surface area contributed by atoms with E-state index < -0.39 is 23.8 Å². The van der Waals surface area contributed by atoms with Gasteiger partial charge in [-0.05, 0) is 23.3 Å². The molecular weight excluding hydrogens is 373 g/mol. The van der Waals surface area contributed by atoms with Crippen molar-refractivity contribution in [2.45, 2.75) is 32.1 Å². The van der Waals surface area contributed by atoms with E-state index in [1.165, 1.54) is 4.90 Å². The molecule has 3 aromatic rings. The first kappa shape index (κ1) is 18.1. The largest absolute Gasteiger partial charge is 0.433 e. The Bertz CT molecular complexity index is 1010. The van der Waals surface area contributed by atoms with Crippen molar-refractivity contribution in [1.82, 2.24) is 20.1 Å². The normalized spacial score (nSPS) is 16.7. The topological polar surface area (TPSA) is 72.1 Å². The van der Waals surface area contributed by atoms with Gasteiger partial charge in [0.25, 0.3) is 5.91 Å². The van der Waals surface area contributed by atoms with Crippen molar-refractivity contribution >= 4 is 5.91 Å². The Hall–Kier alpha value is -3.23. The molecule has 1 aliphatic heterocycles. The number of fused-ring (bicyclic) bond motifs is 1. The number of carbonyl (C=O) groups is 1. The van der Waals surface area contributed by atoms with E-state index in [4.69, 9.17) is 4.42 Å². The Balaban J connectivity index is 1.69. The second-order valence-corrected chi connectivity index (χ2v) is 6.51. The molecule has 4 rings (SSSR count). The van der Waals surface area contributed by atoms with Crippen molar-refractivity contribution in [2.24, 2.45) is 0 Å². The van der Waals surface area contributed by atoms with E-state index in [-0.39, 0.29) is 12.1 Å². The van der Waals surface area contributed by atoms with E-state index in [2.05, 4.69) is 15.2 Å². The summed E-state index contributed by atoms with van der Waals surface area (Å²) in [6.45, 7) is 1.93. The summed E-state index contributed by atoms with van der Waals surface area (Å²) in [5.41, 5.74) is 1.03. The SMILES string of the molecule is Cc1nnc(C2Cc3ccccc3CN2C(=O)c2ccc(C(F)(F)F)nc2)o1. The highest BCUT2D eigenvalue weighted by Crippen LogP contribution is 2.34. The Labute approximate surface area is 158 Å². The van der Waals surface area contributed by atoms with Crippen molar-refractivity contribution in [3.05, 3.63) is 76.8 Å². The smallest absolute Gasteiger partial charge is 0.423 e. The maximum absolute atomic E-state index is 13.1. The molecule has 0 N–H and O–H groups in total. The van der Waals surface area contributed by atoms with Crippen LogP contribution in [0.3, 0.4) is 0 Å². The van der Waals surface area contributed by atoms with Crippen LogP contribution in [0.15, 0.2) is 47.0 Å². The monoisotopic (exact) mass is 388 g/mol. The van der Waals surface area contributed by atoms with Crippen molar-refractivity contribution in [2.75, 3.05) is 0 Å². The molecule has 6 nitrogen and oxygen atoms in total. The van der Waals surface area contributed by atoms with E-state index in [1.807, 2.05) is 24.3 Å². The van der Waals surface area contributed by atoms with Crippen LogP contribution >= 0.6 is 0 Å². The van der Waals surface area contributed by atoms with Gasteiger partial charge in [0.2, 0.25) is 11.8 Å². The minimum atomic E-state index is -4.56. The van der Waals surface area contributed by atoms with Gasteiger partial charge in [-0.1, -0.05) is 24.3 Å². The standard InChI is InChI=1S/C19H15F3N4O2/c1-11-24-25-17(28-11)15-8-12-4-2-3-5-14(12)10-26(15)18(27)13-6-7-16(23-9-13)19(20,21)22/h2-7,9,15H,8,10H2,1H3. The number of halogens is 3. The highest BCUT2D eigenvalue weighted by atomic mass is 19.4. The number of alkyl halides is 3. The second-order valence-electron chi connectivity index (χ2n) is 6.51. The quantitative estimate of drug-likeness (QED) is 0.669. The van der Waals surface area contributed by atoms with Gasteiger partial charge in [0.1, 0.15) is 11.7 Å². The zero-order valence-corrected chi connectivity index (χ0v) is 14.8. The summed E-state index contributed by atoms with van der Waals surface area (Å²) in [6.07, 6.45) is -3.14. The van der Waals surface area contributed by atoms with Gasteiger partial charge in [0, 0.05) is 26.1 Å². The summed E-state index contributed by atoms with van der Waals surface area (Å²) < 4.78 is 43.8. The summed E-state index contributed by atoms with van der Waals surface area (Å²) in [7, 11) is 0. The van der Waals surface area contributed by atoms with E-state index in [1.54, 1.807) is 6.92 Å². The van der Waals surface area contributed by atoms with Gasteiger partial charge < -0.3 is 9.32 Å². The predicted octanol–water partition coefficient (Wildman–Crippen LogP) is 3.73. The molecule has 28 heavy (non-hydrogen) atoms. The summed E-state index contributed by atoms with van der Waals surface area (Å²) >= 11 is 0. The molecule has 3 heterocycles. The molecular formula is C19H15F3N4O2. The van der Waals surface area contributed by atoms with Crippen molar-refractivity contribution in [3.8, 4) is 0 Å². The van der Waals surface area contributed by atoms with Crippen molar-refractivity contribution < 1.29 is 22.4 Å². The Morgan fingerprint density at radius 2 is 1.89 bits per heavy atom. The molecule has 2 aromatic heterocycles. The van der Waals surface area contributed by atoms with Gasteiger partial charge in [0.05, 0.1) is 5.56 Å².